The van der Waals surface area contributed by atoms with E-state index in [2.05, 4.69) is 10.4 Å². The zero-order valence-corrected chi connectivity index (χ0v) is 12.4. The van der Waals surface area contributed by atoms with Gasteiger partial charge in [0.05, 0.1) is 0 Å². The summed E-state index contributed by atoms with van der Waals surface area (Å²) >= 11 is 0. The molecule has 2 aromatic rings. The molecule has 1 aromatic carbocycles. The van der Waals surface area contributed by atoms with Crippen LogP contribution in [0.25, 0.3) is 0 Å². The first kappa shape index (κ1) is 15.8. The van der Waals surface area contributed by atoms with Crippen LogP contribution in [-0.2, 0) is 21.5 Å². The zero-order valence-electron chi connectivity index (χ0n) is 12.4. The van der Waals surface area contributed by atoms with Crippen molar-refractivity contribution in [3.05, 3.63) is 54.4 Å². The molecule has 1 aromatic heterocycles. The second kappa shape index (κ2) is 6.89. The largest absolute Gasteiger partial charge is 0.481 e. The van der Waals surface area contributed by atoms with Gasteiger partial charge in [-0.2, -0.15) is 5.10 Å². The highest BCUT2D eigenvalue weighted by Crippen LogP contribution is 2.27. The van der Waals surface area contributed by atoms with Gasteiger partial charge >= 0.3 is 5.97 Å². The van der Waals surface area contributed by atoms with Gasteiger partial charge in [0.15, 0.2) is 0 Å². The number of hydrogen-bond acceptors (Lipinski definition) is 3. The topological polar surface area (TPSA) is 84.2 Å². The Bertz CT molecular complexity index is 625. The summed E-state index contributed by atoms with van der Waals surface area (Å²) in [5.41, 5.74) is -0.439. The van der Waals surface area contributed by atoms with Crippen LogP contribution in [0.2, 0.25) is 0 Å². The minimum Gasteiger partial charge on any atom is -0.481 e. The van der Waals surface area contributed by atoms with E-state index >= 15 is 0 Å². The number of aromatic nitrogens is 2. The van der Waals surface area contributed by atoms with Crippen LogP contribution >= 0.6 is 0 Å². The number of nitrogens with zero attached hydrogens (tertiary/aromatic N) is 2. The van der Waals surface area contributed by atoms with Crippen LogP contribution in [-0.4, -0.2) is 33.3 Å². The number of carbonyl (C=O) groups excluding carboxylic acids is 1. The van der Waals surface area contributed by atoms with Gasteiger partial charge in [0.1, 0.15) is 12.0 Å². The van der Waals surface area contributed by atoms with Gasteiger partial charge < -0.3 is 10.4 Å². The van der Waals surface area contributed by atoms with E-state index in [0.29, 0.717) is 12.0 Å². The van der Waals surface area contributed by atoms with E-state index in [9.17, 15) is 14.7 Å². The average molecular weight is 301 g/mol. The highest BCUT2D eigenvalue weighted by Gasteiger charge is 2.38. The molecule has 1 heterocycles. The third-order valence-corrected chi connectivity index (χ3v) is 3.79. The first-order chi connectivity index (χ1) is 10.6. The van der Waals surface area contributed by atoms with Gasteiger partial charge in [0.2, 0.25) is 5.91 Å². The number of aliphatic carboxylic acids is 1. The fourth-order valence-corrected chi connectivity index (χ4v) is 2.39. The SMILES string of the molecule is CCC(CNC(=O)Cn1cccn1)(C(=O)O)c1ccccc1. The Morgan fingerprint density at radius 3 is 2.55 bits per heavy atom. The summed E-state index contributed by atoms with van der Waals surface area (Å²) in [5, 5.41) is 16.3. The predicted octanol–water partition coefficient (Wildman–Crippen LogP) is 1.43. The van der Waals surface area contributed by atoms with Crippen molar-refractivity contribution in [1.29, 1.82) is 0 Å². The second-order valence-corrected chi connectivity index (χ2v) is 5.09. The first-order valence-corrected chi connectivity index (χ1v) is 7.11. The molecule has 0 fully saturated rings. The Morgan fingerprint density at radius 1 is 1.27 bits per heavy atom. The van der Waals surface area contributed by atoms with Crippen LogP contribution in [0, 0.1) is 0 Å². The van der Waals surface area contributed by atoms with E-state index in [1.165, 1.54) is 4.68 Å². The Morgan fingerprint density at radius 2 is 2.00 bits per heavy atom. The molecule has 1 atom stereocenters. The van der Waals surface area contributed by atoms with Crippen LogP contribution in [0.15, 0.2) is 48.8 Å². The fourth-order valence-electron chi connectivity index (χ4n) is 2.39. The van der Waals surface area contributed by atoms with Gasteiger partial charge in [0.25, 0.3) is 0 Å². The molecule has 0 aliphatic rings. The van der Waals surface area contributed by atoms with Crippen molar-refractivity contribution in [1.82, 2.24) is 15.1 Å². The van der Waals surface area contributed by atoms with Crippen molar-refractivity contribution in [2.24, 2.45) is 0 Å². The molecule has 0 radical (unpaired) electrons. The fraction of sp³-hybridized carbons (Fsp3) is 0.312. The van der Waals surface area contributed by atoms with Gasteiger partial charge in [0, 0.05) is 18.9 Å². The summed E-state index contributed by atoms with van der Waals surface area (Å²) in [4.78, 5) is 23.8. The van der Waals surface area contributed by atoms with Crippen LogP contribution in [0.5, 0.6) is 0 Å². The number of carboxylic acid groups (broad SMARTS) is 1. The van der Waals surface area contributed by atoms with Crippen LogP contribution in [0.1, 0.15) is 18.9 Å². The molecule has 0 aliphatic heterocycles. The zero-order chi connectivity index (χ0) is 16.0. The first-order valence-electron chi connectivity index (χ1n) is 7.11. The molecule has 0 saturated heterocycles. The summed E-state index contributed by atoms with van der Waals surface area (Å²) in [7, 11) is 0. The highest BCUT2D eigenvalue weighted by molar-refractivity contribution is 5.83. The lowest BCUT2D eigenvalue weighted by atomic mass is 9.78. The van der Waals surface area contributed by atoms with E-state index in [1.807, 2.05) is 6.07 Å². The van der Waals surface area contributed by atoms with Crippen molar-refractivity contribution < 1.29 is 14.7 Å². The quantitative estimate of drug-likeness (QED) is 0.810. The van der Waals surface area contributed by atoms with Crippen LogP contribution < -0.4 is 5.32 Å². The van der Waals surface area contributed by atoms with E-state index < -0.39 is 11.4 Å². The molecule has 6 nitrogen and oxygen atoms in total. The van der Waals surface area contributed by atoms with Gasteiger partial charge in [-0.25, -0.2) is 0 Å². The van der Waals surface area contributed by atoms with Crippen molar-refractivity contribution in [3.63, 3.8) is 0 Å². The number of amides is 1. The molecule has 0 bridgehead atoms. The molecule has 0 spiro atoms. The lowest BCUT2D eigenvalue weighted by molar-refractivity contribution is -0.144. The Labute approximate surface area is 128 Å². The molecular formula is C16H19N3O3. The van der Waals surface area contributed by atoms with Crippen molar-refractivity contribution in [2.45, 2.75) is 25.3 Å². The minimum atomic E-state index is -1.12. The minimum absolute atomic E-state index is 0.0446. The number of benzene rings is 1. The second-order valence-electron chi connectivity index (χ2n) is 5.09. The summed E-state index contributed by atoms with van der Waals surface area (Å²) in [6.45, 7) is 1.92. The molecule has 0 aliphatic carbocycles. The molecular weight excluding hydrogens is 282 g/mol. The molecule has 1 amide bonds. The average Bonchev–Trinajstić information content (AvgIpc) is 3.02. The number of carbonyl (C=O) groups is 2. The van der Waals surface area contributed by atoms with E-state index in [0.717, 1.165) is 0 Å². The maximum absolute atomic E-state index is 12.0. The third-order valence-electron chi connectivity index (χ3n) is 3.79. The third kappa shape index (κ3) is 3.33. The Balaban J connectivity index is 2.11. The Kier molecular flexibility index (Phi) is 4.93. The lowest BCUT2D eigenvalue weighted by Crippen LogP contribution is -2.47. The molecule has 2 N–H and O–H groups in total. The van der Waals surface area contributed by atoms with E-state index in [4.69, 9.17) is 0 Å². The molecule has 2 rings (SSSR count). The summed E-state index contributed by atoms with van der Waals surface area (Å²) in [6.07, 6.45) is 3.65. The molecule has 0 saturated carbocycles. The van der Waals surface area contributed by atoms with Crippen LogP contribution in [0.3, 0.4) is 0 Å². The molecule has 22 heavy (non-hydrogen) atoms. The Hall–Kier alpha value is -2.63. The predicted molar refractivity (Wildman–Crippen MR) is 81.3 cm³/mol. The number of hydrogen-bond donors (Lipinski definition) is 2. The smallest absolute Gasteiger partial charge is 0.315 e. The number of rotatable bonds is 7. The van der Waals surface area contributed by atoms with Crippen molar-refractivity contribution in [3.8, 4) is 0 Å². The number of nitrogens with one attached hydrogen (secondary N) is 1. The van der Waals surface area contributed by atoms with E-state index in [-0.39, 0.29) is 19.0 Å². The van der Waals surface area contributed by atoms with Gasteiger partial charge in [-0.3, -0.25) is 14.3 Å². The highest BCUT2D eigenvalue weighted by atomic mass is 16.4. The van der Waals surface area contributed by atoms with Crippen molar-refractivity contribution >= 4 is 11.9 Å². The maximum Gasteiger partial charge on any atom is 0.315 e. The van der Waals surface area contributed by atoms with Crippen molar-refractivity contribution in [2.75, 3.05) is 6.54 Å². The molecule has 1 unspecified atom stereocenters. The maximum atomic E-state index is 12.0. The van der Waals surface area contributed by atoms with Crippen LogP contribution in [0.4, 0.5) is 0 Å². The van der Waals surface area contributed by atoms with Gasteiger partial charge in [-0.15, -0.1) is 0 Å². The van der Waals surface area contributed by atoms with E-state index in [1.54, 1.807) is 49.6 Å². The van der Waals surface area contributed by atoms with Gasteiger partial charge in [-0.1, -0.05) is 37.3 Å². The normalized spacial score (nSPS) is 13.3. The summed E-state index contributed by atoms with van der Waals surface area (Å²) in [6, 6.07) is 10.7. The molecule has 6 heteroatoms. The lowest BCUT2D eigenvalue weighted by Gasteiger charge is -2.29. The summed E-state index contributed by atoms with van der Waals surface area (Å²) < 4.78 is 1.49. The van der Waals surface area contributed by atoms with Gasteiger partial charge in [-0.05, 0) is 18.1 Å². The molecule has 116 valence electrons. The summed E-state index contributed by atoms with van der Waals surface area (Å²) in [5.74, 6) is -1.21. The monoisotopic (exact) mass is 301 g/mol. The standard InChI is InChI=1S/C16H19N3O3/c1-2-16(15(21)22,13-7-4-3-5-8-13)12-17-14(20)11-19-10-6-9-18-19/h3-10H,2,11-12H2,1H3,(H,17,20)(H,21,22). The number of carboxylic acids is 1.